The molecule has 2 amide bonds. The summed E-state index contributed by atoms with van der Waals surface area (Å²) in [4.78, 5) is 25.5. The van der Waals surface area contributed by atoms with Crippen LogP contribution in [0.5, 0.6) is 0 Å². The van der Waals surface area contributed by atoms with Crippen LogP contribution in [0.1, 0.15) is 41.1 Å². The van der Waals surface area contributed by atoms with Crippen LogP contribution in [-0.4, -0.2) is 77.4 Å². The minimum atomic E-state index is 0.118. The number of rotatable bonds is 2. The third-order valence-electron chi connectivity index (χ3n) is 8.33. The van der Waals surface area contributed by atoms with E-state index in [9.17, 15) is 4.79 Å². The monoisotopic (exact) mass is 487 g/mol. The zero-order valence-electron chi connectivity index (χ0n) is 20.8. The van der Waals surface area contributed by atoms with E-state index in [1.54, 1.807) is 0 Å². The number of aromatic nitrogens is 2. The number of nitrogens with one attached hydrogen (secondary N) is 2. The molecule has 2 bridgehead atoms. The fourth-order valence-electron chi connectivity index (χ4n) is 6.37. The Morgan fingerprint density at radius 1 is 1.11 bits per heavy atom. The van der Waals surface area contributed by atoms with Crippen molar-refractivity contribution in [3.63, 3.8) is 0 Å². The summed E-state index contributed by atoms with van der Waals surface area (Å²) in [5.74, 6) is 0. The molecule has 7 rings (SSSR count). The van der Waals surface area contributed by atoms with Gasteiger partial charge >= 0.3 is 6.03 Å². The standard InChI is InChI=1S/C28H33N5O3/c1-17-11-30-27-23(17)10-20(12-31-27)19-8-18-4-6-32(28(34)33-13-21-2-3-22(14-33)36-21)15-25(18)24(9-19)26-16-35-7-5-29-26/h8-12,21-22,26,29H,2-7,13-16H2,1H3,(H,30,31)/t21?,22?,26-/m0/s1. The van der Waals surface area contributed by atoms with Crippen molar-refractivity contribution in [2.75, 3.05) is 39.4 Å². The van der Waals surface area contributed by atoms with Crippen molar-refractivity contribution in [3.05, 3.63) is 52.8 Å². The van der Waals surface area contributed by atoms with Crippen molar-refractivity contribution in [2.24, 2.45) is 0 Å². The lowest BCUT2D eigenvalue weighted by Gasteiger charge is -2.39. The maximum Gasteiger partial charge on any atom is 0.320 e. The topological polar surface area (TPSA) is 82.7 Å². The van der Waals surface area contributed by atoms with Crippen molar-refractivity contribution in [1.29, 1.82) is 0 Å². The molecule has 3 aromatic rings. The summed E-state index contributed by atoms with van der Waals surface area (Å²) in [6.07, 6.45) is 7.38. The molecular weight excluding hydrogens is 454 g/mol. The zero-order valence-corrected chi connectivity index (χ0v) is 20.8. The van der Waals surface area contributed by atoms with Gasteiger partial charge in [-0.2, -0.15) is 0 Å². The quantitative estimate of drug-likeness (QED) is 0.578. The smallest absolute Gasteiger partial charge is 0.320 e. The van der Waals surface area contributed by atoms with Crippen molar-refractivity contribution in [3.8, 4) is 11.1 Å². The maximum atomic E-state index is 13.5. The minimum Gasteiger partial charge on any atom is -0.378 e. The Morgan fingerprint density at radius 3 is 2.78 bits per heavy atom. The number of likely N-dealkylation sites (tertiary alicyclic amines) is 1. The number of urea groups is 1. The Labute approximate surface area is 211 Å². The summed E-state index contributed by atoms with van der Waals surface area (Å²) in [5, 5.41) is 4.80. The molecule has 1 aromatic carbocycles. The molecule has 36 heavy (non-hydrogen) atoms. The normalized spacial score (nSPS) is 25.9. The van der Waals surface area contributed by atoms with E-state index in [0.29, 0.717) is 13.2 Å². The molecule has 8 heteroatoms. The number of carbonyl (C=O) groups is 1. The lowest BCUT2D eigenvalue weighted by Crippen LogP contribution is -2.52. The number of fused-ring (bicyclic) bond motifs is 4. The van der Waals surface area contributed by atoms with E-state index < -0.39 is 0 Å². The van der Waals surface area contributed by atoms with Crippen molar-refractivity contribution < 1.29 is 14.3 Å². The van der Waals surface area contributed by atoms with Crippen molar-refractivity contribution in [1.82, 2.24) is 25.1 Å². The van der Waals surface area contributed by atoms with Gasteiger partial charge in [-0.3, -0.25) is 0 Å². The molecule has 188 valence electrons. The number of hydrogen-bond donors (Lipinski definition) is 2. The van der Waals surface area contributed by atoms with Gasteiger partial charge in [0.1, 0.15) is 5.65 Å². The van der Waals surface area contributed by atoms with Crippen LogP contribution in [0.25, 0.3) is 22.2 Å². The highest BCUT2D eigenvalue weighted by Crippen LogP contribution is 2.35. The third-order valence-corrected chi connectivity index (χ3v) is 8.33. The van der Waals surface area contributed by atoms with Crippen LogP contribution in [0.15, 0.2) is 30.6 Å². The van der Waals surface area contributed by atoms with Crippen LogP contribution in [0.4, 0.5) is 4.79 Å². The Balaban J connectivity index is 1.23. The minimum absolute atomic E-state index is 0.118. The number of pyridine rings is 1. The van der Waals surface area contributed by atoms with Gasteiger partial charge in [-0.05, 0) is 66.1 Å². The molecule has 3 atom stereocenters. The fraction of sp³-hybridized carbons (Fsp3) is 0.500. The van der Waals surface area contributed by atoms with Gasteiger partial charge in [-0.15, -0.1) is 0 Å². The second kappa shape index (κ2) is 8.87. The first-order chi connectivity index (χ1) is 17.6. The number of aryl methyl sites for hydroxylation is 1. The van der Waals surface area contributed by atoms with Gasteiger partial charge in [-0.25, -0.2) is 9.78 Å². The summed E-state index contributed by atoms with van der Waals surface area (Å²) in [6, 6.07) is 7.10. The van der Waals surface area contributed by atoms with Crippen molar-refractivity contribution in [2.45, 2.75) is 51.0 Å². The van der Waals surface area contributed by atoms with Crippen LogP contribution >= 0.6 is 0 Å². The predicted molar refractivity (Wildman–Crippen MR) is 137 cm³/mol. The Hall–Kier alpha value is -2.94. The van der Waals surface area contributed by atoms with Crippen LogP contribution < -0.4 is 5.32 Å². The van der Waals surface area contributed by atoms with E-state index in [0.717, 1.165) is 68.6 Å². The third kappa shape index (κ3) is 3.88. The number of carbonyl (C=O) groups excluding carboxylic acids is 1. The molecule has 8 nitrogen and oxygen atoms in total. The average molecular weight is 488 g/mol. The highest BCUT2D eigenvalue weighted by molar-refractivity contribution is 5.84. The first-order valence-corrected chi connectivity index (χ1v) is 13.2. The molecule has 0 radical (unpaired) electrons. The lowest BCUT2D eigenvalue weighted by atomic mass is 9.87. The van der Waals surface area contributed by atoms with E-state index in [1.165, 1.54) is 27.8 Å². The molecule has 0 saturated carbocycles. The van der Waals surface area contributed by atoms with Gasteiger partial charge in [0.25, 0.3) is 0 Å². The molecule has 2 aromatic heterocycles. The number of amides is 2. The molecule has 0 aliphatic carbocycles. The number of morpholine rings is 2. The van der Waals surface area contributed by atoms with Crippen LogP contribution in [0, 0.1) is 6.92 Å². The van der Waals surface area contributed by atoms with Gasteiger partial charge in [0, 0.05) is 56.1 Å². The molecule has 3 fully saturated rings. The molecule has 4 aliphatic heterocycles. The molecule has 6 heterocycles. The van der Waals surface area contributed by atoms with Crippen LogP contribution in [0.3, 0.4) is 0 Å². The number of H-pyrrole nitrogens is 1. The number of aromatic amines is 1. The van der Waals surface area contributed by atoms with E-state index >= 15 is 0 Å². The predicted octanol–water partition coefficient (Wildman–Crippen LogP) is 3.54. The Kier molecular flexibility index (Phi) is 5.49. The molecule has 3 saturated heterocycles. The summed E-state index contributed by atoms with van der Waals surface area (Å²) in [5.41, 5.74) is 8.25. The Bertz CT molecular complexity index is 1300. The van der Waals surface area contributed by atoms with Gasteiger partial charge < -0.3 is 29.6 Å². The summed E-state index contributed by atoms with van der Waals surface area (Å²) >= 11 is 0. The number of nitrogens with zero attached hydrogens (tertiary/aromatic N) is 3. The van der Waals surface area contributed by atoms with E-state index in [4.69, 9.17) is 9.47 Å². The summed E-state index contributed by atoms with van der Waals surface area (Å²) in [6.45, 7) is 7.14. The average Bonchev–Trinajstić information content (AvgIpc) is 3.47. The van der Waals surface area contributed by atoms with E-state index in [2.05, 4.69) is 40.4 Å². The van der Waals surface area contributed by atoms with Gasteiger partial charge in [0.15, 0.2) is 0 Å². The first kappa shape index (κ1) is 22.3. The largest absolute Gasteiger partial charge is 0.378 e. The zero-order chi connectivity index (χ0) is 24.2. The molecule has 2 N–H and O–H groups in total. The maximum absolute atomic E-state index is 13.5. The molecule has 2 unspecified atom stereocenters. The summed E-state index contributed by atoms with van der Waals surface area (Å²) < 4.78 is 11.8. The molecular formula is C28H33N5O3. The second-order valence-electron chi connectivity index (χ2n) is 10.7. The van der Waals surface area contributed by atoms with Gasteiger partial charge in [-0.1, -0.05) is 6.07 Å². The number of ether oxygens (including phenoxy) is 2. The van der Waals surface area contributed by atoms with Crippen LogP contribution in [-0.2, 0) is 22.4 Å². The second-order valence-corrected chi connectivity index (χ2v) is 10.7. The van der Waals surface area contributed by atoms with Gasteiger partial charge in [0.2, 0.25) is 0 Å². The SMILES string of the molecule is Cc1c[nH]c2ncc(-c3cc4c(c([C@@H]5COCCN5)c3)CN(C(=O)N3CC5CCC(C3)O5)CC4)cc12. The molecule has 4 aliphatic rings. The van der Waals surface area contributed by atoms with E-state index in [-0.39, 0.29) is 24.3 Å². The number of benzene rings is 1. The van der Waals surface area contributed by atoms with E-state index in [1.807, 2.05) is 22.2 Å². The molecule has 0 spiro atoms. The highest BCUT2D eigenvalue weighted by Gasteiger charge is 2.38. The summed E-state index contributed by atoms with van der Waals surface area (Å²) in [7, 11) is 0. The Morgan fingerprint density at radius 2 is 1.97 bits per heavy atom. The van der Waals surface area contributed by atoms with Crippen LogP contribution in [0.2, 0.25) is 0 Å². The fourth-order valence-corrected chi connectivity index (χ4v) is 6.37. The highest BCUT2D eigenvalue weighted by atomic mass is 16.5. The first-order valence-electron chi connectivity index (χ1n) is 13.2. The van der Waals surface area contributed by atoms with Gasteiger partial charge in [0.05, 0.1) is 31.5 Å². The van der Waals surface area contributed by atoms with Crippen molar-refractivity contribution >= 4 is 17.1 Å². The number of hydrogen-bond acceptors (Lipinski definition) is 5. The lowest BCUT2D eigenvalue weighted by molar-refractivity contribution is -0.0291.